The number of aromatic nitrogens is 1. The molecule has 0 fully saturated rings. The van der Waals surface area contributed by atoms with E-state index in [0.717, 1.165) is 0 Å². The fourth-order valence-electron chi connectivity index (χ4n) is 1.43. The van der Waals surface area contributed by atoms with E-state index in [1.807, 2.05) is 13.8 Å². The van der Waals surface area contributed by atoms with Crippen LogP contribution in [-0.4, -0.2) is 42.1 Å². The number of carboxylic acids is 1. The minimum atomic E-state index is -1.01. The number of carboxylic acid groups (broad SMARTS) is 1. The maximum atomic E-state index is 11.7. The Balaban J connectivity index is 2.62. The molecule has 0 saturated heterocycles. The number of amides is 1. The number of nitrogens with one attached hydrogen (secondary N) is 1. The summed E-state index contributed by atoms with van der Waals surface area (Å²) in [6.07, 6.45) is 1.42. The molecule has 1 aromatic rings. The van der Waals surface area contributed by atoms with Gasteiger partial charge in [0, 0.05) is 19.8 Å². The highest BCUT2D eigenvalue weighted by atomic mass is 16.4. The number of anilines is 1. The first-order valence-electron chi connectivity index (χ1n) is 6.07. The Bertz CT molecular complexity index is 460. The van der Waals surface area contributed by atoms with E-state index in [1.54, 1.807) is 11.9 Å². The number of likely N-dealkylation sites (N-methyl/N-ethyl adjacent to an activating group) is 1. The average Bonchev–Trinajstić information content (AvgIpc) is 2.36. The summed E-state index contributed by atoms with van der Waals surface area (Å²) in [6.45, 7) is 4.79. The standard InChI is InChI=1S/C13H19N3O3/c1-9(2)7-15-12(17)8-16(3)11-6-10(13(18)19)4-5-14-11/h4-6,9H,7-8H2,1-3H3,(H,15,17)(H,18,19). The van der Waals surface area contributed by atoms with Crippen molar-refractivity contribution in [2.24, 2.45) is 5.92 Å². The number of aromatic carboxylic acids is 1. The molecule has 0 aliphatic rings. The average molecular weight is 265 g/mol. The molecule has 1 rings (SSSR count). The van der Waals surface area contributed by atoms with E-state index in [4.69, 9.17) is 5.11 Å². The molecule has 0 atom stereocenters. The van der Waals surface area contributed by atoms with Gasteiger partial charge in [0.05, 0.1) is 12.1 Å². The lowest BCUT2D eigenvalue weighted by molar-refractivity contribution is -0.119. The first-order valence-corrected chi connectivity index (χ1v) is 6.07. The number of pyridine rings is 1. The van der Waals surface area contributed by atoms with Gasteiger partial charge in [-0.25, -0.2) is 9.78 Å². The second-order valence-corrected chi connectivity index (χ2v) is 4.76. The largest absolute Gasteiger partial charge is 0.478 e. The molecule has 0 aromatic carbocycles. The molecule has 0 saturated carbocycles. The number of rotatable bonds is 6. The highest BCUT2D eigenvalue weighted by Crippen LogP contribution is 2.10. The Morgan fingerprint density at radius 2 is 2.16 bits per heavy atom. The van der Waals surface area contributed by atoms with Crippen molar-refractivity contribution in [1.82, 2.24) is 10.3 Å². The topological polar surface area (TPSA) is 82.5 Å². The number of nitrogens with zero attached hydrogens (tertiary/aromatic N) is 2. The summed E-state index contributed by atoms with van der Waals surface area (Å²) in [5.41, 5.74) is 0.152. The summed E-state index contributed by atoms with van der Waals surface area (Å²) < 4.78 is 0. The molecule has 1 heterocycles. The van der Waals surface area contributed by atoms with E-state index in [-0.39, 0.29) is 18.0 Å². The Hall–Kier alpha value is -2.11. The van der Waals surface area contributed by atoms with Crippen LogP contribution in [0.1, 0.15) is 24.2 Å². The monoisotopic (exact) mass is 265 g/mol. The summed E-state index contributed by atoms with van der Waals surface area (Å²) in [5, 5.41) is 11.7. The van der Waals surface area contributed by atoms with Gasteiger partial charge < -0.3 is 15.3 Å². The Kier molecular flexibility index (Phi) is 5.29. The van der Waals surface area contributed by atoms with Gasteiger partial charge in [0.1, 0.15) is 5.82 Å². The van der Waals surface area contributed by atoms with Crippen LogP contribution in [-0.2, 0) is 4.79 Å². The van der Waals surface area contributed by atoms with Crippen LogP contribution >= 0.6 is 0 Å². The van der Waals surface area contributed by atoms with Crippen molar-refractivity contribution >= 4 is 17.7 Å². The van der Waals surface area contributed by atoms with E-state index in [9.17, 15) is 9.59 Å². The minimum Gasteiger partial charge on any atom is -0.478 e. The highest BCUT2D eigenvalue weighted by molar-refractivity contribution is 5.88. The quantitative estimate of drug-likeness (QED) is 0.801. The number of hydrogen-bond acceptors (Lipinski definition) is 4. The van der Waals surface area contributed by atoms with Gasteiger partial charge in [-0.3, -0.25) is 4.79 Å². The van der Waals surface area contributed by atoms with Gasteiger partial charge in [-0.05, 0) is 18.1 Å². The van der Waals surface area contributed by atoms with Gasteiger partial charge in [0.15, 0.2) is 0 Å². The summed E-state index contributed by atoms with van der Waals surface area (Å²) in [6, 6.07) is 2.86. The van der Waals surface area contributed by atoms with Crippen molar-refractivity contribution in [2.45, 2.75) is 13.8 Å². The van der Waals surface area contributed by atoms with Crippen molar-refractivity contribution in [1.29, 1.82) is 0 Å². The molecule has 6 nitrogen and oxygen atoms in total. The molecular formula is C13H19N3O3. The van der Waals surface area contributed by atoms with Crippen molar-refractivity contribution in [3.8, 4) is 0 Å². The molecule has 6 heteroatoms. The fourth-order valence-corrected chi connectivity index (χ4v) is 1.43. The van der Waals surface area contributed by atoms with Crippen LogP contribution < -0.4 is 10.2 Å². The molecule has 0 unspecified atom stereocenters. The number of hydrogen-bond donors (Lipinski definition) is 2. The van der Waals surface area contributed by atoms with Gasteiger partial charge in [0.25, 0.3) is 0 Å². The third-order valence-electron chi connectivity index (χ3n) is 2.47. The lowest BCUT2D eigenvalue weighted by atomic mass is 10.2. The minimum absolute atomic E-state index is 0.112. The Morgan fingerprint density at radius 3 is 2.74 bits per heavy atom. The maximum Gasteiger partial charge on any atom is 0.335 e. The molecule has 0 spiro atoms. The SMILES string of the molecule is CC(C)CNC(=O)CN(C)c1cc(C(=O)O)ccn1. The van der Waals surface area contributed by atoms with Crippen molar-refractivity contribution in [2.75, 3.05) is 25.0 Å². The zero-order valence-corrected chi connectivity index (χ0v) is 11.4. The normalized spacial score (nSPS) is 10.3. The first kappa shape index (κ1) is 14.9. The lowest BCUT2D eigenvalue weighted by Gasteiger charge is -2.18. The van der Waals surface area contributed by atoms with Crippen LogP contribution in [0.15, 0.2) is 18.3 Å². The zero-order valence-electron chi connectivity index (χ0n) is 11.4. The number of carbonyl (C=O) groups excluding carboxylic acids is 1. The van der Waals surface area contributed by atoms with Crippen LogP contribution in [0, 0.1) is 5.92 Å². The summed E-state index contributed by atoms with van der Waals surface area (Å²) in [5.74, 6) is -0.276. The van der Waals surface area contributed by atoms with Gasteiger partial charge >= 0.3 is 5.97 Å². The van der Waals surface area contributed by atoms with Crippen LogP contribution in [0.5, 0.6) is 0 Å². The van der Waals surface area contributed by atoms with Crippen molar-refractivity contribution in [3.63, 3.8) is 0 Å². The summed E-state index contributed by atoms with van der Waals surface area (Å²) in [4.78, 5) is 28.2. The maximum absolute atomic E-state index is 11.7. The van der Waals surface area contributed by atoms with Crippen molar-refractivity contribution in [3.05, 3.63) is 23.9 Å². The Morgan fingerprint density at radius 1 is 1.47 bits per heavy atom. The second kappa shape index (κ2) is 6.72. The van der Waals surface area contributed by atoms with Gasteiger partial charge in [-0.1, -0.05) is 13.8 Å². The summed E-state index contributed by atoms with van der Waals surface area (Å²) in [7, 11) is 1.70. The molecule has 19 heavy (non-hydrogen) atoms. The molecule has 0 aliphatic carbocycles. The van der Waals surface area contributed by atoms with Crippen LogP contribution in [0.3, 0.4) is 0 Å². The zero-order chi connectivity index (χ0) is 14.4. The highest BCUT2D eigenvalue weighted by Gasteiger charge is 2.11. The van der Waals surface area contributed by atoms with Gasteiger partial charge in [-0.2, -0.15) is 0 Å². The van der Waals surface area contributed by atoms with Gasteiger partial charge in [-0.15, -0.1) is 0 Å². The molecule has 1 aromatic heterocycles. The van der Waals surface area contributed by atoms with E-state index in [1.165, 1.54) is 18.3 Å². The molecule has 1 amide bonds. The van der Waals surface area contributed by atoms with E-state index < -0.39 is 5.97 Å². The first-order chi connectivity index (χ1) is 8.90. The predicted octanol–water partition coefficient (Wildman–Crippen LogP) is 0.988. The molecular weight excluding hydrogens is 246 g/mol. The third kappa shape index (κ3) is 4.95. The predicted molar refractivity (Wildman–Crippen MR) is 72.3 cm³/mol. The van der Waals surface area contributed by atoms with Crippen LogP contribution in [0.25, 0.3) is 0 Å². The Labute approximate surface area is 112 Å². The van der Waals surface area contributed by atoms with Crippen molar-refractivity contribution < 1.29 is 14.7 Å². The van der Waals surface area contributed by atoms with E-state index >= 15 is 0 Å². The molecule has 0 radical (unpaired) electrons. The fraction of sp³-hybridized carbons (Fsp3) is 0.462. The molecule has 0 aliphatic heterocycles. The van der Waals surface area contributed by atoms with Gasteiger partial charge in [0.2, 0.25) is 5.91 Å². The third-order valence-corrected chi connectivity index (χ3v) is 2.47. The van der Waals surface area contributed by atoms with Crippen LogP contribution in [0.2, 0.25) is 0 Å². The second-order valence-electron chi connectivity index (χ2n) is 4.76. The smallest absolute Gasteiger partial charge is 0.335 e. The number of carbonyl (C=O) groups is 2. The molecule has 0 bridgehead atoms. The van der Waals surface area contributed by atoms with E-state index in [2.05, 4.69) is 10.3 Å². The van der Waals surface area contributed by atoms with E-state index in [0.29, 0.717) is 18.3 Å². The molecule has 2 N–H and O–H groups in total. The summed E-state index contributed by atoms with van der Waals surface area (Å²) >= 11 is 0. The van der Waals surface area contributed by atoms with Crippen LogP contribution in [0.4, 0.5) is 5.82 Å². The lowest BCUT2D eigenvalue weighted by Crippen LogP contribution is -2.37. The molecule has 104 valence electrons.